The van der Waals surface area contributed by atoms with Crippen LogP contribution in [0, 0.1) is 0 Å². The molecule has 0 aliphatic carbocycles. The first-order valence-corrected chi connectivity index (χ1v) is 10.1. The first-order chi connectivity index (χ1) is 14.7. The second kappa shape index (κ2) is 7.82. The van der Waals surface area contributed by atoms with Crippen LogP contribution in [-0.4, -0.2) is 43.1 Å². The summed E-state index contributed by atoms with van der Waals surface area (Å²) in [5.41, 5.74) is 0.269. The number of benzene rings is 1. The SMILES string of the molecule is CCCCc1ncc2c(n1)n(C)c(=O)n2C(=O)N1CC(c2ccc(C(F)(F)F)cc2)C1. The van der Waals surface area contributed by atoms with E-state index in [1.54, 1.807) is 7.05 Å². The van der Waals surface area contributed by atoms with Gasteiger partial charge in [-0.3, -0.25) is 4.57 Å². The molecular weight excluding hydrogens is 411 g/mol. The third-order valence-corrected chi connectivity index (χ3v) is 5.64. The average molecular weight is 433 g/mol. The number of halogens is 3. The lowest BCUT2D eigenvalue weighted by molar-refractivity contribution is -0.137. The molecule has 4 rings (SSSR count). The minimum Gasteiger partial charge on any atom is -0.323 e. The van der Waals surface area contributed by atoms with Crippen LogP contribution in [0.5, 0.6) is 0 Å². The van der Waals surface area contributed by atoms with Crippen LogP contribution in [0.2, 0.25) is 0 Å². The van der Waals surface area contributed by atoms with Gasteiger partial charge in [-0.05, 0) is 24.1 Å². The van der Waals surface area contributed by atoms with Gasteiger partial charge in [0.05, 0.1) is 11.8 Å². The molecule has 31 heavy (non-hydrogen) atoms. The number of fused-ring (bicyclic) bond motifs is 1. The molecule has 0 radical (unpaired) electrons. The van der Waals surface area contributed by atoms with Crippen LogP contribution < -0.4 is 5.69 Å². The molecule has 1 aromatic carbocycles. The van der Waals surface area contributed by atoms with Gasteiger partial charge in [-0.1, -0.05) is 25.5 Å². The van der Waals surface area contributed by atoms with E-state index >= 15 is 0 Å². The Morgan fingerprint density at radius 2 is 1.87 bits per heavy atom. The number of rotatable bonds is 4. The molecule has 0 saturated carbocycles. The number of carbonyl (C=O) groups excluding carboxylic acids is 1. The fourth-order valence-electron chi connectivity index (χ4n) is 3.72. The fraction of sp³-hybridized carbons (Fsp3) is 0.429. The molecule has 3 aromatic rings. The Labute approximate surface area is 176 Å². The molecule has 0 atom stereocenters. The van der Waals surface area contributed by atoms with Gasteiger partial charge < -0.3 is 4.90 Å². The molecule has 7 nitrogen and oxygen atoms in total. The summed E-state index contributed by atoms with van der Waals surface area (Å²) in [4.78, 5) is 35.9. The number of hydrogen-bond acceptors (Lipinski definition) is 4. The topological polar surface area (TPSA) is 73.0 Å². The minimum absolute atomic E-state index is 0.0752. The Bertz CT molecular complexity index is 1170. The Hall–Kier alpha value is -3.17. The van der Waals surface area contributed by atoms with Gasteiger partial charge >= 0.3 is 17.9 Å². The standard InChI is InChI=1S/C21H22F3N5O2/c1-3-4-5-17-25-10-16-18(26-17)27(2)19(30)29(16)20(31)28-11-14(12-28)13-6-8-15(9-7-13)21(22,23)24/h6-10,14H,3-5,11-12H2,1-2H3. The molecule has 1 amide bonds. The van der Waals surface area contributed by atoms with Crippen molar-refractivity contribution in [3.05, 3.63) is 57.9 Å². The van der Waals surface area contributed by atoms with Crippen molar-refractivity contribution in [2.24, 2.45) is 7.05 Å². The molecule has 10 heteroatoms. The summed E-state index contributed by atoms with van der Waals surface area (Å²) in [7, 11) is 1.56. The van der Waals surface area contributed by atoms with Crippen LogP contribution in [0.4, 0.5) is 18.0 Å². The van der Waals surface area contributed by atoms with Crippen LogP contribution in [0.25, 0.3) is 11.2 Å². The molecule has 0 unspecified atom stereocenters. The summed E-state index contributed by atoms with van der Waals surface area (Å²) in [5.74, 6) is 0.551. The molecule has 0 bridgehead atoms. The van der Waals surface area contributed by atoms with Crippen molar-refractivity contribution in [3.8, 4) is 0 Å². The molecule has 1 aliphatic heterocycles. The van der Waals surface area contributed by atoms with Gasteiger partial charge in [-0.25, -0.2) is 24.1 Å². The van der Waals surface area contributed by atoms with Gasteiger partial charge in [0.2, 0.25) is 0 Å². The van der Waals surface area contributed by atoms with Crippen molar-refractivity contribution >= 4 is 17.2 Å². The molecule has 3 heterocycles. The summed E-state index contributed by atoms with van der Waals surface area (Å²) in [6.07, 6.45) is -0.262. The van der Waals surface area contributed by atoms with Gasteiger partial charge in [0.25, 0.3) is 0 Å². The molecule has 1 aliphatic rings. The van der Waals surface area contributed by atoms with Crippen LogP contribution in [0.1, 0.15) is 42.6 Å². The highest BCUT2D eigenvalue weighted by atomic mass is 19.4. The number of amides is 1. The first kappa shape index (κ1) is 21.1. The molecule has 2 aromatic heterocycles. The van der Waals surface area contributed by atoms with E-state index in [0.29, 0.717) is 36.5 Å². The lowest BCUT2D eigenvalue weighted by atomic mass is 9.91. The maximum atomic E-state index is 13.0. The summed E-state index contributed by atoms with van der Waals surface area (Å²) in [6.45, 7) is 2.71. The van der Waals surface area contributed by atoms with E-state index < -0.39 is 23.5 Å². The number of hydrogen-bond donors (Lipinski definition) is 0. The van der Waals surface area contributed by atoms with Crippen LogP contribution in [0.15, 0.2) is 35.3 Å². The second-order valence-corrected chi connectivity index (χ2v) is 7.78. The van der Waals surface area contributed by atoms with Crippen LogP contribution in [-0.2, 0) is 19.6 Å². The van der Waals surface area contributed by atoms with Gasteiger partial charge in [0, 0.05) is 32.5 Å². The average Bonchev–Trinajstić information content (AvgIpc) is 2.95. The van der Waals surface area contributed by atoms with Gasteiger partial charge in [0.15, 0.2) is 5.65 Å². The van der Waals surface area contributed by atoms with Gasteiger partial charge in [-0.15, -0.1) is 0 Å². The van der Waals surface area contributed by atoms with Gasteiger partial charge in [0.1, 0.15) is 11.3 Å². The van der Waals surface area contributed by atoms with Crippen molar-refractivity contribution in [2.45, 2.75) is 38.3 Å². The monoisotopic (exact) mass is 433 g/mol. The number of nitrogens with zero attached hydrogens (tertiary/aromatic N) is 5. The lowest BCUT2D eigenvalue weighted by Crippen LogP contribution is -2.52. The number of carbonyl (C=O) groups is 1. The Balaban J connectivity index is 1.52. The van der Waals surface area contributed by atoms with Crippen LogP contribution >= 0.6 is 0 Å². The predicted molar refractivity (Wildman–Crippen MR) is 108 cm³/mol. The zero-order valence-corrected chi connectivity index (χ0v) is 17.2. The molecule has 1 fully saturated rings. The minimum atomic E-state index is -4.38. The van der Waals surface area contributed by atoms with E-state index in [-0.39, 0.29) is 5.92 Å². The summed E-state index contributed by atoms with van der Waals surface area (Å²) in [5, 5.41) is 0. The van der Waals surface area contributed by atoms with Crippen molar-refractivity contribution in [2.75, 3.05) is 13.1 Å². The number of aromatic nitrogens is 4. The number of alkyl halides is 3. The third-order valence-electron chi connectivity index (χ3n) is 5.64. The summed E-state index contributed by atoms with van der Waals surface area (Å²) >= 11 is 0. The fourth-order valence-corrected chi connectivity index (χ4v) is 3.72. The van der Waals surface area contributed by atoms with E-state index in [9.17, 15) is 22.8 Å². The number of unbranched alkanes of at least 4 members (excludes halogenated alkanes) is 1. The first-order valence-electron chi connectivity index (χ1n) is 10.1. The maximum absolute atomic E-state index is 13.0. The second-order valence-electron chi connectivity index (χ2n) is 7.78. The largest absolute Gasteiger partial charge is 0.416 e. The Kier molecular flexibility index (Phi) is 5.32. The zero-order valence-electron chi connectivity index (χ0n) is 17.2. The molecule has 0 N–H and O–H groups in total. The van der Waals surface area contributed by atoms with E-state index in [1.807, 2.05) is 0 Å². The number of aryl methyl sites for hydroxylation is 2. The molecule has 0 spiro atoms. The summed E-state index contributed by atoms with van der Waals surface area (Å²) < 4.78 is 40.6. The molecule has 164 valence electrons. The van der Waals surface area contributed by atoms with E-state index in [0.717, 1.165) is 35.1 Å². The number of likely N-dealkylation sites (tertiary alicyclic amines) is 1. The smallest absolute Gasteiger partial charge is 0.323 e. The summed E-state index contributed by atoms with van der Waals surface area (Å²) in [6, 6.07) is 4.48. The van der Waals surface area contributed by atoms with Crippen molar-refractivity contribution in [1.82, 2.24) is 24.0 Å². The highest BCUT2D eigenvalue weighted by Gasteiger charge is 2.35. The quantitative estimate of drug-likeness (QED) is 0.631. The molecule has 1 saturated heterocycles. The zero-order chi connectivity index (χ0) is 22.3. The Morgan fingerprint density at radius 1 is 1.19 bits per heavy atom. The van der Waals surface area contributed by atoms with Crippen molar-refractivity contribution in [1.29, 1.82) is 0 Å². The Morgan fingerprint density at radius 3 is 2.48 bits per heavy atom. The van der Waals surface area contributed by atoms with Crippen molar-refractivity contribution < 1.29 is 18.0 Å². The lowest BCUT2D eigenvalue weighted by Gasteiger charge is -2.39. The maximum Gasteiger partial charge on any atom is 0.416 e. The van der Waals surface area contributed by atoms with Gasteiger partial charge in [-0.2, -0.15) is 13.2 Å². The predicted octanol–water partition coefficient (Wildman–Crippen LogP) is 3.56. The third kappa shape index (κ3) is 3.82. The normalized spacial score (nSPS) is 14.8. The highest BCUT2D eigenvalue weighted by molar-refractivity contribution is 5.88. The van der Waals surface area contributed by atoms with E-state index in [4.69, 9.17) is 0 Å². The highest BCUT2D eigenvalue weighted by Crippen LogP contribution is 2.32. The molecular formula is C21H22F3N5O2. The number of imidazole rings is 1. The van der Waals surface area contributed by atoms with Crippen molar-refractivity contribution in [3.63, 3.8) is 0 Å². The van der Waals surface area contributed by atoms with E-state index in [1.165, 1.54) is 27.8 Å². The van der Waals surface area contributed by atoms with Crippen LogP contribution in [0.3, 0.4) is 0 Å². The van der Waals surface area contributed by atoms with E-state index in [2.05, 4.69) is 16.9 Å².